The molecule has 22 heavy (non-hydrogen) atoms. The lowest BCUT2D eigenvalue weighted by molar-refractivity contribution is 0.0930. The van der Waals surface area contributed by atoms with Crippen molar-refractivity contribution in [1.29, 1.82) is 0 Å². The van der Waals surface area contributed by atoms with Crippen LogP contribution in [0, 0.1) is 0 Å². The third-order valence-corrected chi connectivity index (χ3v) is 4.13. The predicted molar refractivity (Wildman–Crippen MR) is 85.2 cm³/mol. The van der Waals surface area contributed by atoms with Gasteiger partial charge in [-0.15, -0.1) is 0 Å². The van der Waals surface area contributed by atoms with Crippen LogP contribution in [0.5, 0.6) is 0 Å². The van der Waals surface area contributed by atoms with E-state index in [1.807, 2.05) is 12.1 Å². The number of urea groups is 1. The first-order valence-electron chi connectivity index (χ1n) is 7.91. The molecule has 1 atom stereocenters. The van der Waals surface area contributed by atoms with Crippen LogP contribution in [0.3, 0.4) is 0 Å². The molecule has 0 aliphatic carbocycles. The van der Waals surface area contributed by atoms with Crippen LogP contribution in [0.1, 0.15) is 29.6 Å². The predicted octanol–water partition coefficient (Wildman–Crippen LogP) is 1.09. The SMILES string of the molecule is O=C(NC1CCCNC1)c1cccc(N2CCCNC2=O)c1. The molecule has 2 aliphatic rings. The Balaban J connectivity index is 1.69. The minimum Gasteiger partial charge on any atom is -0.348 e. The van der Waals surface area contributed by atoms with E-state index in [9.17, 15) is 9.59 Å². The molecule has 0 aromatic heterocycles. The first kappa shape index (κ1) is 14.8. The van der Waals surface area contributed by atoms with E-state index in [0.717, 1.165) is 38.0 Å². The molecule has 2 fully saturated rings. The smallest absolute Gasteiger partial charge is 0.321 e. The Morgan fingerprint density at radius 1 is 1.27 bits per heavy atom. The molecule has 1 aromatic carbocycles. The van der Waals surface area contributed by atoms with Crippen molar-refractivity contribution >= 4 is 17.6 Å². The average Bonchev–Trinajstić information content (AvgIpc) is 2.56. The van der Waals surface area contributed by atoms with Gasteiger partial charge in [0.05, 0.1) is 0 Å². The van der Waals surface area contributed by atoms with E-state index in [4.69, 9.17) is 0 Å². The summed E-state index contributed by atoms with van der Waals surface area (Å²) in [5, 5.41) is 9.16. The summed E-state index contributed by atoms with van der Waals surface area (Å²) < 4.78 is 0. The molecule has 3 amide bonds. The zero-order valence-electron chi connectivity index (χ0n) is 12.6. The number of rotatable bonds is 3. The molecule has 2 saturated heterocycles. The number of carbonyl (C=O) groups excluding carboxylic acids is 2. The minimum absolute atomic E-state index is 0.0760. The molecular formula is C16H22N4O2. The summed E-state index contributed by atoms with van der Waals surface area (Å²) in [6.45, 7) is 3.24. The van der Waals surface area contributed by atoms with Gasteiger partial charge in [0, 0.05) is 36.9 Å². The molecule has 2 aliphatic heterocycles. The molecule has 0 saturated carbocycles. The first-order chi connectivity index (χ1) is 10.7. The van der Waals surface area contributed by atoms with E-state index < -0.39 is 0 Å². The Morgan fingerprint density at radius 2 is 2.18 bits per heavy atom. The van der Waals surface area contributed by atoms with Gasteiger partial charge in [0.25, 0.3) is 5.91 Å². The van der Waals surface area contributed by atoms with E-state index >= 15 is 0 Å². The Morgan fingerprint density at radius 3 is 2.95 bits per heavy atom. The van der Waals surface area contributed by atoms with Crippen LogP contribution in [0.2, 0.25) is 0 Å². The van der Waals surface area contributed by atoms with Crippen molar-refractivity contribution in [2.24, 2.45) is 0 Å². The van der Waals surface area contributed by atoms with Crippen LogP contribution in [0.4, 0.5) is 10.5 Å². The molecule has 3 N–H and O–H groups in total. The van der Waals surface area contributed by atoms with Crippen LogP contribution in [0.15, 0.2) is 24.3 Å². The number of nitrogens with one attached hydrogen (secondary N) is 3. The van der Waals surface area contributed by atoms with Gasteiger partial charge in [-0.25, -0.2) is 4.79 Å². The van der Waals surface area contributed by atoms with Gasteiger partial charge in [-0.05, 0) is 44.0 Å². The molecule has 2 heterocycles. The van der Waals surface area contributed by atoms with Crippen molar-refractivity contribution in [3.8, 4) is 0 Å². The molecule has 0 radical (unpaired) electrons. The quantitative estimate of drug-likeness (QED) is 0.782. The zero-order chi connectivity index (χ0) is 15.4. The van der Waals surface area contributed by atoms with Gasteiger partial charge in [-0.2, -0.15) is 0 Å². The number of amides is 3. The van der Waals surface area contributed by atoms with Crippen LogP contribution >= 0.6 is 0 Å². The topological polar surface area (TPSA) is 73.5 Å². The summed E-state index contributed by atoms with van der Waals surface area (Å²) in [5.74, 6) is -0.0760. The lowest BCUT2D eigenvalue weighted by Gasteiger charge is -2.28. The highest BCUT2D eigenvalue weighted by atomic mass is 16.2. The number of hydrogen-bond donors (Lipinski definition) is 3. The lowest BCUT2D eigenvalue weighted by Crippen LogP contribution is -2.47. The van der Waals surface area contributed by atoms with Crippen molar-refractivity contribution < 1.29 is 9.59 Å². The molecule has 1 aromatic rings. The third-order valence-electron chi connectivity index (χ3n) is 4.13. The highest BCUT2D eigenvalue weighted by Crippen LogP contribution is 2.18. The first-order valence-corrected chi connectivity index (χ1v) is 7.91. The third kappa shape index (κ3) is 3.39. The highest BCUT2D eigenvalue weighted by Gasteiger charge is 2.21. The Kier molecular flexibility index (Phi) is 4.58. The van der Waals surface area contributed by atoms with Crippen LogP contribution in [0.25, 0.3) is 0 Å². The van der Waals surface area contributed by atoms with Crippen molar-refractivity contribution in [3.05, 3.63) is 29.8 Å². The second-order valence-electron chi connectivity index (χ2n) is 5.80. The van der Waals surface area contributed by atoms with E-state index in [1.165, 1.54) is 0 Å². The number of carbonyl (C=O) groups is 2. The largest absolute Gasteiger partial charge is 0.348 e. The molecule has 6 nitrogen and oxygen atoms in total. The van der Waals surface area contributed by atoms with Crippen molar-refractivity contribution in [3.63, 3.8) is 0 Å². The maximum absolute atomic E-state index is 12.4. The minimum atomic E-state index is -0.0970. The standard InChI is InChI=1S/C16H22N4O2/c21-15(19-13-5-2-7-17-11-13)12-4-1-6-14(10-12)20-9-3-8-18-16(20)22/h1,4,6,10,13,17H,2-3,5,7-9,11H2,(H,18,22)(H,19,21). The van der Waals surface area contributed by atoms with Gasteiger partial charge in [0.1, 0.15) is 0 Å². The molecule has 3 rings (SSSR count). The van der Waals surface area contributed by atoms with E-state index in [0.29, 0.717) is 18.7 Å². The summed E-state index contributed by atoms with van der Waals surface area (Å²) in [6.07, 6.45) is 3.00. The number of benzene rings is 1. The van der Waals surface area contributed by atoms with Gasteiger partial charge in [0.15, 0.2) is 0 Å². The average molecular weight is 302 g/mol. The lowest BCUT2D eigenvalue weighted by atomic mass is 10.1. The summed E-state index contributed by atoms with van der Waals surface area (Å²) in [4.78, 5) is 26.0. The number of piperidine rings is 1. The molecule has 0 spiro atoms. The second-order valence-corrected chi connectivity index (χ2v) is 5.80. The van der Waals surface area contributed by atoms with Crippen molar-refractivity contribution in [2.75, 3.05) is 31.1 Å². The number of anilines is 1. The number of hydrogen-bond acceptors (Lipinski definition) is 3. The zero-order valence-corrected chi connectivity index (χ0v) is 12.6. The van der Waals surface area contributed by atoms with Crippen LogP contribution in [-0.4, -0.2) is 44.2 Å². The van der Waals surface area contributed by atoms with Crippen LogP contribution in [-0.2, 0) is 0 Å². The van der Waals surface area contributed by atoms with E-state index in [1.54, 1.807) is 17.0 Å². The summed E-state index contributed by atoms with van der Waals surface area (Å²) in [5.41, 5.74) is 1.37. The van der Waals surface area contributed by atoms with E-state index in [2.05, 4.69) is 16.0 Å². The van der Waals surface area contributed by atoms with Gasteiger partial charge < -0.3 is 16.0 Å². The molecular weight excluding hydrogens is 280 g/mol. The number of nitrogens with zero attached hydrogens (tertiary/aromatic N) is 1. The maximum Gasteiger partial charge on any atom is 0.321 e. The summed E-state index contributed by atoms with van der Waals surface area (Å²) in [7, 11) is 0. The molecule has 6 heteroatoms. The molecule has 1 unspecified atom stereocenters. The fraction of sp³-hybridized carbons (Fsp3) is 0.500. The fourth-order valence-corrected chi connectivity index (χ4v) is 2.93. The monoisotopic (exact) mass is 302 g/mol. The van der Waals surface area contributed by atoms with Crippen LogP contribution < -0.4 is 20.9 Å². The van der Waals surface area contributed by atoms with Gasteiger partial charge in [-0.1, -0.05) is 6.07 Å². The Hall–Kier alpha value is -2.08. The fourth-order valence-electron chi connectivity index (χ4n) is 2.93. The highest BCUT2D eigenvalue weighted by molar-refractivity contribution is 5.98. The summed E-state index contributed by atoms with van der Waals surface area (Å²) >= 11 is 0. The van der Waals surface area contributed by atoms with E-state index in [-0.39, 0.29) is 18.0 Å². The summed E-state index contributed by atoms with van der Waals surface area (Å²) in [6, 6.07) is 7.35. The maximum atomic E-state index is 12.4. The molecule has 118 valence electrons. The van der Waals surface area contributed by atoms with Crippen molar-refractivity contribution in [2.45, 2.75) is 25.3 Å². The Bertz CT molecular complexity index is 555. The molecule has 0 bridgehead atoms. The van der Waals surface area contributed by atoms with Gasteiger partial charge in [-0.3, -0.25) is 9.69 Å². The Labute approximate surface area is 130 Å². The second kappa shape index (κ2) is 6.79. The van der Waals surface area contributed by atoms with Gasteiger partial charge in [0.2, 0.25) is 0 Å². The van der Waals surface area contributed by atoms with Gasteiger partial charge >= 0.3 is 6.03 Å². The van der Waals surface area contributed by atoms with Crippen molar-refractivity contribution in [1.82, 2.24) is 16.0 Å². The normalized spacial score (nSPS) is 22.1.